The molecule has 16 heteroatoms. The van der Waals surface area contributed by atoms with E-state index in [0.29, 0.717) is 12.1 Å². The van der Waals surface area contributed by atoms with Crippen LogP contribution in [-0.4, -0.2) is 73.3 Å². The zero-order chi connectivity index (χ0) is 34.6. The Labute approximate surface area is 286 Å². The molecule has 2 unspecified atom stereocenters. The first kappa shape index (κ1) is 33.5. The number of carbonyl (C=O) groups is 3. The number of carboxylic acids is 1. The number of halogens is 2. The van der Waals surface area contributed by atoms with E-state index in [1.54, 1.807) is 19.3 Å². The maximum absolute atomic E-state index is 14.5. The lowest BCUT2D eigenvalue weighted by Gasteiger charge is -2.30. The molecule has 2 aromatic carbocycles. The standard InChI is InChI=1S/C32H31Cl2N7O6S/c1-31(2,29(44)45)38-27(42)25-5-4-10-39(25)48(46,47)26-17-37-30-40(24-12-22(33)11-23(34)13-24)28(43)32(3,41(26)30)14-19-6-8-20(9-7-19)21-15-35-18-36-16-21/h6-9,11-13,15-18,25H,4-5,10,14H2,1-3H3,(H,38,42)(H,44,45). The van der Waals surface area contributed by atoms with Gasteiger partial charge in [-0.3, -0.25) is 14.2 Å². The predicted molar refractivity (Wildman–Crippen MR) is 177 cm³/mol. The lowest BCUT2D eigenvalue weighted by atomic mass is 9.91. The van der Waals surface area contributed by atoms with Gasteiger partial charge in [0.05, 0.1) is 11.9 Å². The average molecular weight is 713 g/mol. The van der Waals surface area contributed by atoms with Gasteiger partial charge in [0.15, 0.2) is 5.03 Å². The Balaban J connectivity index is 1.43. The van der Waals surface area contributed by atoms with Gasteiger partial charge in [-0.15, -0.1) is 0 Å². The summed E-state index contributed by atoms with van der Waals surface area (Å²) in [4.78, 5) is 53.3. The molecule has 1 saturated heterocycles. The summed E-state index contributed by atoms with van der Waals surface area (Å²) in [5, 5.41) is 12.2. The van der Waals surface area contributed by atoms with Crippen LogP contribution < -0.4 is 10.2 Å². The number of imidazole rings is 1. The molecule has 0 radical (unpaired) electrons. The number of rotatable bonds is 9. The Morgan fingerprint density at radius 2 is 1.69 bits per heavy atom. The highest BCUT2D eigenvalue weighted by Crippen LogP contribution is 2.45. The molecule has 6 rings (SSSR count). The molecule has 0 saturated carbocycles. The molecule has 2 aliphatic heterocycles. The maximum Gasteiger partial charge on any atom is 0.328 e. The van der Waals surface area contributed by atoms with Crippen molar-refractivity contribution in [1.29, 1.82) is 0 Å². The van der Waals surface area contributed by atoms with Crippen LogP contribution in [0.1, 0.15) is 39.2 Å². The van der Waals surface area contributed by atoms with Gasteiger partial charge in [-0.25, -0.2) is 33.1 Å². The van der Waals surface area contributed by atoms with Gasteiger partial charge in [0.25, 0.3) is 15.9 Å². The molecule has 13 nitrogen and oxygen atoms in total. The van der Waals surface area contributed by atoms with Crippen LogP contribution in [0.2, 0.25) is 10.0 Å². The largest absolute Gasteiger partial charge is 0.480 e. The van der Waals surface area contributed by atoms with Crippen LogP contribution >= 0.6 is 23.2 Å². The Bertz CT molecular complexity index is 2020. The Morgan fingerprint density at radius 3 is 2.31 bits per heavy atom. The van der Waals surface area contributed by atoms with Gasteiger partial charge in [-0.2, -0.15) is 4.31 Å². The first-order valence-electron chi connectivity index (χ1n) is 14.9. The van der Waals surface area contributed by atoms with Crippen LogP contribution in [0, 0.1) is 0 Å². The second kappa shape index (κ2) is 12.3. The number of nitrogens with one attached hydrogen (secondary N) is 1. The summed E-state index contributed by atoms with van der Waals surface area (Å²) in [6.45, 7) is 4.28. The van der Waals surface area contributed by atoms with E-state index in [-0.39, 0.29) is 40.4 Å². The number of sulfonamides is 1. The highest BCUT2D eigenvalue weighted by molar-refractivity contribution is 7.89. The van der Waals surface area contributed by atoms with Gasteiger partial charge in [0.2, 0.25) is 11.9 Å². The van der Waals surface area contributed by atoms with Crippen LogP contribution in [0.5, 0.6) is 0 Å². The van der Waals surface area contributed by atoms with E-state index in [9.17, 15) is 27.9 Å². The lowest BCUT2D eigenvalue weighted by molar-refractivity contribution is -0.146. The molecular weight excluding hydrogens is 681 g/mol. The fourth-order valence-corrected chi connectivity index (χ4v) is 8.49. The molecule has 2 N–H and O–H groups in total. The van der Waals surface area contributed by atoms with Crippen LogP contribution in [0.25, 0.3) is 11.1 Å². The van der Waals surface area contributed by atoms with Gasteiger partial charge < -0.3 is 10.4 Å². The molecule has 4 heterocycles. The lowest BCUT2D eigenvalue weighted by Crippen LogP contribution is -2.56. The van der Waals surface area contributed by atoms with Crippen molar-refractivity contribution in [2.24, 2.45) is 0 Å². The van der Waals surface area contributed by atoms with Crippen molar-refractivity contribution in [2.45, 2.75) is 62.2 Å². The third kappa shape index (κ3) is 5.82. The number of nitrogens with zero attached hydrogens (tertiary/aromatic N) is 6. The summed E-state index contributed by atoms with van der Waals surface area (Å²) in [7, 11) is -4.46. The second-order valence-corrected chi connectivity index (χ2v) is 15.2. The zero-order valence-corrected chi connectivity index (χ0v) is 28.4. The SMILES string of the molecule is CC(C)(NC(=O)C1CCCN1S(=O)(=O)c1cnc2n1C(C)(Cc1ccc(-c3cncnc3)cc1)C(=O)N2c1cc(Cl)cc(Cl)c1)C(=O)O. The number of aromatic nitrogens is 4. The van der Waals surface area contributed by atoms with E-state index in [1.807, 2.05) is 24.3 Å². The van der Waals surface area contributed by atoms with Gasteiger partial charge >= 0.3 is 5.97 Å². The smallest absolute Gasteiger partial charge is 0.328 e. The minimum absolute atomic E-state index is 0.0113. The number of hydrogen-bond acceptors (Lipinski definition) is 8. The normalized spacial score (nSPS) is 19.8. The maximum atomic E-state index is 14.5. The summed E-state index contributed by atoms with van der Waals surface area (Å²) in [5.74, 6) is -2.44. The Hall–Kier alpha value is -4.37. The predicted octanol–water partition coefficient (Wildman–Crippen LogP) is 4.42. The average Bonchev–Trinajstić information content (AvgIpc) is 3.75. The zero-order valence-electron chi connectivity index (χ0n) is 26.1. The summed E-state index contributed by atoms with van der Waals surface area (Å²) >= 11 is 12.6. The molecule has 1 fully saturated rings. The van der Waals surface area contributed by atoms with E-state index < -0.39 is 44.9 Å². The first-order chi connectivity index (χ1) is 22.6. The van der Waals surface area contributed by atoms with Crippen molar-refractivity contribution >= 4 is 62.6 Å². The van der Waals surface area contributed by atoms with Gasteiger partial charge in [0.1, 0.15) is 23.4 Å². The minimum atomic E-state index is -4.46. The number of benzene rings is 2. The van der Waals surface area contributed by atoms with Crippen molar-refractivity contribution in [3.63, 3.8) is 0 Å². The molecule has 2 aliphatic rings. The summed E-state index contributed by atoms with van der Waals surface area (Å²) in [6.07, 6.45) is 6.60. The van der Waals surface area contributed by atoms with Crippen LogP contribution in [-0.2, 0) is 36.4 Å². The molecular formula is C32H31Cl2N7O6S. The van der Waals surface area contributed by atoms with Crippen LogP contribution in [0.4, 0.5) is 11.6 Å². The quantitative estimate of drug-likeness (QED) is 0.255. The van der Waals surface area contributed by atoms with E-state index in [0.717, 1.165) is 21.0 Å². The van der Waals surface area contributed by atoms with E-state index in [1.165, 1.54) is 54.0 Å². The van der Waals surface area contributed by atoms with Crippen molar-refractivity contribution in [3.05, 3.63) is 83.0 Å². The number of carboxylic acid groups (broad SMARTS) is 1. The summed E-state index contributed by atoms with van der Waals surface area (Å²) in [6, 6.07) is 10.8. The third-order valence-electron chi connectivity index (χ3n) is 8.62. The van der Waals surface area contributed by atoms with Gasteiger partial charge in [-0.05, 0) is 62.9 Å². The first-order valence-corrected chi connectivity index (χ1v) is 17.1. The minimum Gasteiger partial charge on any atom is -0.480 e. The molecule has 0 aliphatic carbocycles. The van der Waals surface area contributed by atoms with E-state index >= 15 is 0 Å². The molecule has 250 valence electrons. The van der Waals surface area contributed by atoms with Crippen LogP contribution in [0.3, 0.4) is 0 Å². The van der Waals surface area contributed by atoms with Gasteiger partial charge in [0, 0.05) is 41.0 Å². The molecule has 2 amide bonds. The van der Waals surface area contributed by atoms with E-state index in [4.69, 9.17) is 23.2 Å². The third-order valence-corrected chi connectivity index (χ3v) is 10.9. The molecule has 2 aromatic heterocycles. The number of aliphatic carboxylic acids is 1. The second-order valence-electron chi connectivity index (χ2n) is 12.5. The van der Waals surface area contributed by atoms with Crippen molar-refractivity contribution in [3.8, 4) is 11.1 Å². The fraction of sp³-hybridized carbons (Fsp3) is 0.312. The van der Waals surface area contributed by atoms with Crippen molar-refractivity contribution < 1.29 is 27.9 Å². The van der Waals surface area contributed by atoms with Gasteiger partial charge in [-0.1, -0.05) is 47.5 Å². The topological polar surface area (TPSA) is 168 Å². The summed E-state index contributed by atoms with van der Waals surface area (Å²) < 4.78 is 31.3. The monoisotopic (exact) mass is 711 g/mol. The number of fused-ring (bicyclic) bond motifs is 1. The number of anilines is 2. The van der Waals surface area contributed by atoms with Crippen molar-refractivity contribution in [1.82, 2.24) is 29.1 Å². The molecule has 0 spiro atoms. The number of carbonyl (C=O) groups excluding carboxylic acids is 2. The number of hydrogen-bond donors (Lipinski definition) is 2. The summed E-state index contributed by atoms with van der Waals surface area (Å²) in [5.41, 5.74) is -0.449. The molecule has 0 bridgehead atoms. The van der Waals surface area contributed by atoms with Crippen molar-refractivity contribution in [2.75, 3.05) is 11.4 Å². The molecule has 2 atom stereocenters. The number of amides is 2. The molecule has 48 heavy (non-hydrogen) atoms. The van der Waals surface area contributed by atoms with E-state index in [2.05, 4.69) is 20.3 Å². The molecule has 4 aromatic rings. The highest BCUT2D eigenvalue weighted by Gasteiger charge is 2.53. The Kier molecular flexibility index (Phi) is 8.56. The highest BCUT2D eigenvalue weighted by atomic mass is 35.5. The fourth-order valence-electron chi connectivity index (χ4n) is 6.13. The Morgan fingerprint density at radius 1 is 1.04 bits per heavy atom. The van der Waals surface area contributed by atoms with Crippen LogP contribution in [0.15, 0.2) is 72.4 Å².